The quantitative estimate of drug-likeness (QED) is 0.831. The number of hydrogen-bond donors (Lipinski definition) is 2. The van der Waals surface area contributed by atoms with E-state index in [2.05, 4.69) is 5.32 Å². The summed E-state index contributed by atoms with van der Waals surface area (Å²) in [5.74, 6) is 1.01. The second-order valence-corrected chi connectivity index (χ2v) is 6.73. The van der Waals surface area contributed by atoms with Crippen molar-refractivity contribution >= 4 is 29.9 Å². The van der Waals surface area contributed by atoms with E-state index in [1.807, 2.05) is 24.3 Å². The fourth-order valence-corrected chi connectivity index (χ4v) is 3.68. The molecular weight excluding hydrogens is 342 g/mol. The van der Waals surface area contributed by atoms with Crippen molar-refractivity contribution in [1.82, 2.24) is 5.32 Å². The summed E-state index contributed by atoms with van der Waals surface area (Å²) in [5, 5.41) is 3.00. The molecule has 138 valence electrons. The average molecular weight is 368 g/mol. The van der Waals surface area contributed by atoms with Crippen LogP contribution in [-0.2, 0) is 9.59 Å². The monoisotopic (exact) mass is 367 g/mol. The second kappa shape index (κ2) is 8.54. The first-order valence-electron chi connectivity index (χ1n) is 8.56. The zero-order valence-corrected chi connectivity index (χ0v) is 15.3. The number of nitrogens with two attached hydrogens (primary N) is 1. The second-order valence-electron chi connectivity index (χ2n) is 6.73. The van der Waals surface area contributed by atoms with Crippen LogP contribution in [-0.4, -0.2) is 37.6 Å². The van der Waals surface area contributed by atoms with E-state index in [-0.39, 0.29) is 42.2 Å². The Morgan fingerprint density at radius 1 is 1.40 bits per heavy atom. The average Bonchev–Trinajstić information content (AvgIpc) is 3.13. The van der Waals surface area contributed by atoms with Crippen LogP contribution < -0.4 is 20.7 Å². The van der Waals surface area contributed by atoms with Gasteiger partial charge in [-0.1, -0.05) is 12.5 Å². The maximum Gasteiger partial charge on any atom is 0.229 e. The number of halogens is 1. The van der Waals surface area contributed by atoms with E-state index in [0.29, 0.717) is 25.1 Å². The molecule has 0 radical (unpaired) electrons. The molecule has 2 fully saturated rings. The van der Waals surface area contributed by atoms with Gasteiger partial charge in [0.1, 0.15) is 5.75 Å². The molecule has 1 aliphatic carbocycles. The number of carbonyl (C=O) groups excluding carboxylic acids is 2. The summed E-state index contributed by atoms with van der Waals surface area (Å²) in [5.41, 5.74) is 6.83. The Bertz CT molecular complexity index is 625. The normalized spacial score (nSPS) is 25.6. The van der Waals surface area contributed by atoms with E-state index >= 15 is 0 Å². The van der Waals surface area contributed by atoms with Gasteiger partial charge in [-0.05, 0) is 30.9 Å². The molecule has 1 aromatic rings. The van der Waals surface area contributed by atoms with Crippen molar-refractivity contribution < 1.29 is 14.3 Å². The molecule has 1 aromatic carbocycles. The van der Waals surface area contributed by atoms with Crippen molar-refractivity contribution in [2.45, 2.75) is 44.2 Å². The Balaban J connectivity index is 0.00000225. The highest BCUT2D eigenvalue weighted by atomic mass is 35.5. The summed E-state index contributed by atoms with van der Waals surface area (Å²) in [6, 6.07) is 7.40. The Labute approximate surface area is 154 Å². The molecule has 0 spiro atoms. The van der Waals surface area contributed by atoms with Gasteiger partial charge in [0.05, 0.1) is 13.2 Å². The lowest BCUT2D eigenvalue weighted by Crippen LogP contribution is -2.39. The maximum absolute atomic E-state index is 12.3. The van der Waals surface area contributed by atoms with Gasteiger partial charge < -0.3 is 20.7 Å². The number of nitrogens with zero attached hydrogens (tertiary/aromatic N) is 1. The van der Waals surface area contributed by atoms with Crippen LogP contribution in [0.15, 0.2) is 24.3 Å². The number of methoxy groups -OCH3 is 1. The number of rotatable bonds is 5. The molecule has 0 bridgehead atoms. The molecular formula is C18H26ClN3O3. The van der Waals surface area contributed by atoms with Crippen LogP contribution in [0.3, 0.4) is 0 Å². The number of ether oxygens (including phenoxy) is 1. The smallest absolute Gasteiger partial charge is 0.229 e. The number of hydrogen-bond acceptors (Lipinski definition) is 4. The summed E-state index contributed by atoms with van der Waals surface area (Å²) < 4.78 is 5.21. The fraction of sp³-hybridized carbons (Fsp3) is 0.556. The first kappa shape index (κ1) is 19.5. The molecule has 6 nitrogen and oxygen atoms in total. The Hall–Kier alpha value is -1.79. The van der Waals surface area contributed by atoms with E-state index in [4.69, 9.17) is 10.5 Å². The highest BCUT2D eigenvalue weighted by Gasteiger charge is 2.33. The molecule has 1 heterocycles. The van der Waals surface area contributed by atoms with Gasteiger partial charge in [0.15, 0.2) is 0 Å². The van der Waals surface area contributed by atoms with E-state index in [9.17, 15) is 9.59 Å². The summed E-state index contributed by atoms with van der Waals surface area (Å²) >= 11 is 0. The largest absolute Gasteiger partial charge is 0.497 e. The van der Waals surface area contributed by atoms with Gasteiger partial charge in [-0.3, -0.25) is 9.59 Å². The van der Waals surface area contributed by atoms with Crippen LogP contribution in [0.1, 0.15) is 32.1 Å². The SMILES string of the molecule is COc1cccc(N2CC(NC(=O)C[C@@H]3CCC[C@H]3N)CC2=O)c1.Cl. The van der Waals surface area contributed by atoms with Gasteiger partial charge in [0, 0.05) is 37.2 Å². The molecule has 3 rings (SSSR count). The Morgan fingerprint density at radius 2 is 2.20 bits per heavy atom. The Kier molecular flexibility index (Phi) is 6.67. The van der Waals surface area contributed by atoms with E-state index in [1.54, 1.807) is 12.0 Å². The molecule has 2 aliphatic rings. The van der Waals surface area contributed by atoms with Crippen molar-refractivity contribution in [2.24, 2.45) is 11.7 Å². The van der Waals surface area contributed by atoms with Gasteiger partial charge in [-0.2, -0.15) is 0 Å². The predicted molar refractivity (Wildman–Crippen MR) is 99.1 cm³/mol. The van der Waals surface area contributed by atoms with Crippen molar-refractivity contribution in [1.29, 1.82) is 0 Å². The molecule has 3 N–H and O–H groups in total. The molecule has 1 saturated heterocycles. The molecule has 7 heteroatoms. The highest BCUT2D eigenvalue weighted by molar-refractivity contribution is 5.97. The molecule has 25 heavy (non-hydrogen) atoms. The number of carbonyl (C=O) groups is 2. The van der Waals surface area contributed by atoms with E-state index in [0.717, 1.165) is 24.9 Å². The number of anilines is 1. The number of amides is 2. The zero-order valence-electron chi connectivity index (χ0n) is 14.4. The third-order valence-electron chi connectivity index (χ3n) is 5.02. The number of nitrogens with one attached hydrogen (secondary N) is 1. The minimum atomic E-state index is -0.145. The fourth-order valence-electron chi connectivity index (χ4n) is 3.68. The van der Waals surface area contributed by atoms with Crippen molar-refractivity contribution in [3.8, 4) is 5.75 Å². The lowest BCUT2D eigenvalue weighted by Gasteiger charge is -2.19. The van der Waals surface area contributed by atoms with Crippen molar-refractivity contribution in [2.75, 3.05) is 18.6 Å². The third-order valence-corrected chi connectivity index (χ3v) is 5.02. The molecule has 0 aromatic heterocycles. The van der Waals surface area contributed by atoms with Crippen LogP contribution in [0.25, 0.3) is 0 Å². The first-order valence-corrected chi connectivity index (χ1v) is 8.56. The zero-order chi connectivity index (χ0) is 17.1. The predicted octanol–water partition coefficient (Wildman–Crippen LogP) is 1.86. The van der Waals surface area contributed by atoms with Gasteiger partial charge in [-0.25, -0.2) is 0 Å². The van der Waals surface area contributed by atoms with Crippen LogP contribution in [0.5, 0.6) is 5.75 Å². The van der Waals surface area contributed by atoms with Crippen molar-refractivity contribution in [3.05, 3.63) is 24.3 Å². The summed E-state index contributed by atoms with van der Waals surface area (Å²) in [7, 11) is 1.60. The highest BCUT2D eigenvalue weighted by Crippen LogP contribution is 2.28. The maximum atomic E-state index is 12.3. The van der Waals surface area contributed by atoms with Gasteiger partial charge in [0.25, 0.3) is 0 Å². The van der Waals surface area contributed by atoms with Crippen LogP contribution >= 0.6 is 12.4 Å². The van der Waals surface area contributed by atoms with Gasteiger partial charge in [-0.15, -0.1) is 12.4 Å². The third kappa shape index (κ3) is 4.64. The Morgan fingerprint density at radius 3 is 2.88 bits per heavy atom. The first-order chi connectivity index (χ1) is 11.6. The van der Waals surface area contributed by atoms with Crippen LogP contribution in [0, 0.1) is 5.92 Å². The van der Waals surface area contributed by atoms with E-state index in [1.165, 1.54) is 0 Å². The molecule has 2 amide bonds. The summed E-state index contributed by atoms with van der Waals surface area (Å²) in [4.78, 5) is 26.2. The minimum Gasteiger partial charge on any atom is -0.497 e. The summed E-state index contributed by atoms with van der Waals surface area (Å²) in [6.45, 7) is 0.495. The standard InChI is InChI=1S/C18H25N3O3.ClH/c1-24-15-6-3-5-14(10-15)21-11-13(9-18(21)23)20-17(22)8-12-4-2-7-16(12)19;/h3,5-6,10,12-13,16H,2,4,7-9,11,19H2,1H3,(H,20,22);1H/t12-,13?,16+;/m0./s1. The minimum absolute atomic E-state index is 0. The molecule has 1 unspecified atom stereocenters. The lowest BCUT2D eigenvalue weighted by atomic mass is 9.99. The van der Waals surface area contributed by atoms with Crippen molar-refractivity contribution in [3.63, 3.8) is 0 Å². The molecule has 1 saturated carbocycles. The van der Waals surface area contributed by atoms with E-state index < -0.39 is 0 Å². The summed E-state index contributed by atoms with van der Waals surface area (Å²) in [6.07, 6.45) is 3.92. The van der Waals surface area contributed by atoms with Gasteiger partial charge in [0.2, 0.25) is 11.8 Å². The lowest BCUT2D eigenvalue weighted by molar-refractivity contribution is -0.122. The van der Waals surface area contributed by atoms with Crippen LogP contribution in [0.4, 0.5) is 5.69 Å². The topological polar surface area (TPSA) is 84.7 Å². The van der Waals surface area contributed by atoms with Crippen LogP contribution in [0.2, 0.25) is 0 Å². The van der Waals surface area contributed by atoms with Gasteiger partial charge >= 0.3 is 0 Å². The molecule has 3 atom stereocenters. The molecule has 1 aliphatic heterocycles. The number of benzene rings is 1.